The van der Waals surface area contributed by atoms with Gasteiger partial charge in [-0.1, -0.05) is 12.1 Å². The van der Waals surface area contributed by atoms with Crippen LogP contribution < -0.4 is 10.1 Å². The fourth-order valence-electron chi connectivity index (χ4n) is 4.52. The number of nitrogens with one attached hydrogen (secondary N) is 1. The summed E-state index contributed by atoms with van der Waals surface area (Å²) in [5.74, 6) is 0.0770. The van der Waals surface area contributed by atoms with Gasteiger partial charge in [-0.25, -0.2) is 9.07 Å². The molecule has 0 radical (unpaired) electrons. The third-order valence-electron chi connectivity index (χ3n) is 6.34. The largest absolute Gasteiger partial charge is 0.495 e. The second kappa shape index (κ2) is 10.1. The minimum Gasteiger partial charge on any atom is -0.495 e. The highest BCUT2D eigenvalue weighted by atomic mass is 19.1. The molecule has 1 fully saturated rings. The van der Waals surface area contributed by atoms with Crippen molar-refractivity contribution >= 4 is 17.5 Å². The number of rotatable bonds is 6. The first-order chi connectivity index (χ1) is 17.5. The first-order valence-electron chi connectivity index (χ1n) is 11.8. The number of halogens is 1. The zero-order valence-electron chi connectivity index (χ0n) is 19.8. The van der Waals surface area contributed by atoms with Crippen LogP contribution in [-0.2, 0) is 4.79 Å². The van der Waals surface area contributed by atoms with Gasteiger partial charge in [-0.3, -0.25) is 9.59 Å². The van der Waals surface area contributed by atoms with Gasteiger partial charge in [-0.15, -0.1) is 0 Å². The van der Waals surface area contributed by atoms with Crippen LogP contribution in [0.3, 0.4) is 0 Å². The van der Waals surface area contributed by atoms with Gasteiger partial charge < -0.3 is 19.5 Å². The molecule has 0 spiro atoms. The Labute approximate surface area is 207 Å². The maximum absolute atomic E-state index is 13.7. The quantitative estimate of drug-likeness (QED) is 0.440. The predicted molar refractivity (Wildman–Crippen MR) is 133 cm³/mol. The number of anilines is 1. The van der Waals surface area contributed by atoms with Gasteiger partial charge in [0.05, 0.1) is 30.6 Å². The molecule has 2 amide bonds. The van der Waals surface area contributed by atoms with E-state index in [1.165, 1.54) is 18.3 Å². The predicted octanol–water partition coefficient (Wildman–Crippen LogP) is 4.30. The highest BCUT2D eigenvalue weighted by Gasteiger charge is 2.32. The number of methoxy groups -OCH3 is 1. The smallest absolute Gasteiger partial charge is 0.259 e. The molecule has 1 aliphatic heterocycles. The van der Waals surface area contributed by atoms with E-state index in [0.717, 1.165) is 0 Å². The zero-order chi connectivity index (χ0) is 25.1. The molecule has 8 nitrogen and oxygen atoms in total. The van der Waals surface area contributed by atoms with E-state index in [1.807, 2.05) is 36.7 Å². The standard InChI is InChI=1S/C27H26FN5O3/c1-36-24-9-3-2-8-23(24)30-25(34)19-7-6-16-32(18-19)27(35)22-17-29-33(21-12-10-20(28)11-13-21)26(22)31-14-4-5-15-31/h2-5,8-15,17,19H,6-7,16,18H2,1H3,(H,30,34)/t19-/m1/s1. The molecule has 0 saturated carbocycles. The van der Waals surface area contributed by atoms with E-state index in [9.17, 15) is 14.0 Å². The van der Waals surface area contributed by atoms with Gasteiger partial charge in [0.15, 0.2) is 5.82 Å². The van der Waals surface area contributed by atoms with Crippen LogP contribution in [0.2, 0.25) is 0 Å². The fourth-order valence-corrected chi connectivity index (χ4v) is 4.52. The molecule has 1 N–H and O–H groups in total. The lowest BCUT2D eigenvalue weighted by Crippen LogP contribution is -2.44. The Morgan fingerprint density at radius 2 is 1.81 bits per heavy atom. The Balaban J connectivity index is 1.39. The lowest BCUT2D eigenvalue weighted by Gasteiger charge is -2.32. The van der Waals surface area contributed by atoms with Crippen molar-refractivity contribution in [2.45, 2.75) is 12.8 Å². The number of hydrogen-bond donors (Lipinski definition) is 1. The van der Waals surface area contributed by atoms with Crippen molar-refractivity contribution in [1.29, 1.82) is 0 Å². The first kappa shape index (κ1) is 23.3. The van der Waals surface area contributed by atoms with E-state index >= 15 is 0 Å². The van der Waals surface area contributed by atoms with Crippen LogP contribution in [0.15, 0.2) is 79.3 Å². The molecule has 9 heteroatoms. The highest BCUT2D eigenvalue weighted by molar-refractivity contribution is 5.98. The van der Waals surface area contributed by atoms with Gasteiger partial charge in [0, 0.05) is 25.5 Å². The summed E-state index contributed by atoms with van der Waals surface area (Å²) in [5, 5.41) is 7.39. The fraction of sp³-hybridized carbons (Fsp3) is 0.222. The summed E-state index contributed by atoms with van der Waals surface area (Å²) < 4.78 is 22.3. The van der Waals surface area contributed by atoms with Crippen molar-refractivity contribution in [2.75, 3.05) is 25.5 Å². The molecule has 3 heterocycles. The van der Waals surface area contributed by atoms with Gasteiger partial charge in [0.25, 0.3) is 5.91 Å². The summed E-state index contributed by atoms with van der Waals surface area (Å²) in [4.78, 5) is 28.4. The maximum Gasteiger partial charge on any atom is 0.259 e. The molecule has 0 unspecified atom stereocenters. The van der Waals surface area contributed by atoms with Crippen LogP contribution in [0.25, 0.3) is 11.5 Å². The Kier molecular flexibility index (Phi) is 6.53. The molecule has 0 aliphatic carbocycles. The van der Waals surface area contributed by atoms with Crippen molar-refractivity contribution in [2.24, 2.45) is 5.92 Å². The van der Waals surface area contributed by atoms with Crippen LogP contribution >= 0.6 is 0 Å². The van der Waals surface area contributed by atoms with Crippen molar-refractivity contribution in [3.63, 3.8) is 0 Å². The average Bonchev–Trinajstić information content (AvgIpc) is 3.59. The molecule has 2 aromatic carbocycles. The summed E-state index contributed by atoms with van der Waals surface area (Å²) in [6.45, 7) is 0.844. The third kappa shape index (κ3) is 4.59. The van der Waals surface area contributed by atoms with E-state index in [4.69, 9.17) is 4.74 Å². The van der Waals surface area contributed by atoms with Crippen molar-refractivity contribution in [3.8, 4) is 17.3 Å². The van der Waals surface area contributed by atoms with Gasteiger partial charge >= 0.3 is 0 Å². The van der Waals surface area contributed by atoms with Gasteiger partial charge in [-0.2, -0.15) is 5.10 Å². The number of likely N-dealkylation sites (tertiary alicyclic amines) is 1. The van der Waals surface area contributed by atoms with Gasteiger partial charge in [-0.05, 0) is 61.4 Å². The van der Waals surface area contributed by atoms with Crippen LogP contribution in [0.4, 0.5) is 10.1 Å². The Morgan fingerprint density at radius 3 is 2.56 bits per heavy atom. The molecule has 2 aromatic heterocycles. The molecule has 5 rings (SSSR count). The monoisotopic (exact) mass is 487 g/mol. The molecule has 1 aliphatic rings. The number of amides is 2. The lowest BCUT2D eigenvalue weighted by atomic mass is 9.96. The molecule has 1 saturated heterocycles. The second-order valence-corrected chi connectivity index (χ2v) is 8.64. The summed E-state index contributed by atoms with van der Waals surface area (Å²) in [6, 6.07) is 16.9. The summed E-state index contributed by atoms with van der Waals surface area (Å²) in [6.07, 6.45) is 6.57. The average molecular weight is 488 g/mol. The van der Waals surface area contributed by atoms with Gasteiger partial charge in [0.2, 0.25) is 5.91 Å². The summed E-state index contributed by atoms with van der Waals surface area (Å²) in [7, 11) is 1.56. The van der Waals surface area contributed by atoms with Crippen LogP contribution in [0, 0.1) is 11.7 Å². The number of para-hydroxylation sites is 2. The minimum absolute atomic E-state index is 0.148. The van der Waals surface area contributed by atoms with Crippen molar-refractivity contribution < 1.29 is 18.7 Å². The number of carbonyl (C=O) groups excluding carboxylic acids is 2. The normalized spacial score (nSPS) is 15.5. The van der Waals surface area contributed by atoms with Gasteiger partial charge in [0.1, 0.15) is 17.1 Å². The topological polar surface area (TPSA) is 81.4 Å². The number of benzene rings is 2. The van der Waals surface area contributed by atoms with E-state index in [0.29, 0.717) is 54.4 Å². The number of hydrogen-bond acceptors (Lipinski definition) is 4. The maximum atomic E-state index is 13.7. The molecule has 0 bridgehead atoms. The molecule has 4 aromatic rings. The Bertz CT molecular complexity index is 1360. The zero-order valence-corrected chi connectivity index (χ0v) is 19.8. The highest BCUT2D eigenvalue weighted by Crippen LogP contribution is 2.27. The van der Waals surface area contributed by atoms with E-state index in [2.05, 4.69) is 10.4 Å². The first-order valence-corrected chi connectivity index (χ1v) is 11.8. The number of piperidine rings is 1. The lowest BCUT2D eigenvalue weighted by molar-refractivity contribution is -0.121. The second-order valence-electron chi connectivity index (χ2n) is 8.64. The summed E-state index contributed by atoms with van der Waals surface area (Å²) in [5.41, 5.74) is 1.64. The number of ether oxygens (including phenoxy) is 1. The van der Waals surface area contributed by atoms with Crippen molar-refractivity contribution in [3.05, 3.63) is 90.6 Å². The van der Waals surface area contributed by atoms with Crippen molar-refractivity contribution in [1.82, 2.24) is 19.2 Å². The van der Waals surface area contributed by atoms with E-state index in [1.54, 1.807) is 45.5 Å². The Morgan fingerprint density at radius 1 is 1.06 bits per heavy atom. The van der Waals surface area contributed by atoms with E-state index < -0.39 is 0 Å². The molecule has 1 atom stereocenters. The van der Waals surface area contributed by atoms with Crippen LogP contribution in [0.1, 0.15) is 23.2 Å². The molecule has 184 valence electrons. The van der Waals surface area contributed by atoms with Crippen LogP contribution in [0.5, 0.6) is 5.75 Å². The number of aromatic nitrogens is 3. The molecule has 36 heavy (non-hydrogen) atoms. The minimum atomic E-state index is -0.352. The number of carbonyl (C=O) groups is 2. The SMILES string of the molecule is COc1ccccc1NC(=O)[C@@H]1CCCN(C(=O)c2cnn(-c3ccc(F)cc3)c2-n2cccc2)C1. The molecular formula is C27H26FN5O3. The summed E-state index contributed by atoms with van der Waals surface area (Å²) >= 11 is 0. The number of nitrogens with zero attached hydrogens (tertiary/aromatic N) is 4. The van der Waals surface area contributed by atoms with Crippen LogP contribution in [-0.4, -0.2) is 51.3 Å². The van der Waals surface area contributed by atoms with E-state index in [-0.39, 0.29) is 23.5 Å². The third-order valence-corrected chi connectivity index (χ3v) is 6.34. The Hall–Kier alpha value is -4.40. The molecular weight excluding hydrogens is 461 g/mol.